The van der Waals surface area contributed by atoms with Crippen LogP contribution < -0.4 is 5.32 Å². The van der Waals surface area contributed by atoms with Crippen molar-refractivity contribution in [3.8, 4) is 0 Å². The molecule has 1 heterocycles. The summed E-state index contributed by atoms with van der Waals surface area (Å²) in [6, 6.07) is 1.76. The first-order valence-electron chi connectivity index (χ1n) is 6.91. The van der Waals surface area contributed by atoms with Crippen LogP contribution in [0.5, 0.6) is 0 Å². The Bertz CT molecular complexity index is 207. The second-order valence-corrected chi connectivity index (χ2v) is 5.68. The zero-order valence-electron chi connectivity index (χ0n) is 9.75. The summed E-state index contributed by atoms with van der Waals surface area (Å²) in [4.78, 5) is 2.80. The molecule has 1 aliphatic heterocycles. The third-order valence-electron chi connectivity index (χ3n) is 4.49. The number of nitrogens with zero attached hydrogens (tertiary/aromatic N) is 1. The summed E-state index contributed by atoms with van der Waals surface area (Å²) in [7, 11) is 0. The van der Waals surface area contributed by atoms with Crippen LogP contribution >= 0.6 is 0 Å². The van der Waals surface area contributed by atoms with Gasteiger partial charge < -0.3 is 5.32 Å². The van der Waals surface area contributed by atoms with Crippen molar-refractivity contribution in [1.29, 1.82) is 0 Å². The number of hydrogen-bond acceptors (Lipinski definition) is 2. The largest absolute Gasteiger partial charge is 0.312 e. The molecule has 1 unspecified atom stereocenters. The van der Waals surface area contributed by atoms with Gasteiger partial charge in [0.05, 0.1) is 0 Å². The number of hydrogen-bond donors (Lipinski definition) is 1. The van der Waals surface area contributed by atoms with Crippen molar-refractivity contribution in [2.24, 2.45) is 5.92 Å². The van der Waals surface area contributed by atoms with Crippen LogP contribution in [0.2, 0.25) is 0 Å². The molecule has 0 amide bonds. The molecule has 86 valence electrons. The molecule has 2 aliphatic carbocycles. The predicted octanol–water partition coefficient (Wildman–Crippen LogP) is 2.00. The van der Waals surface area contributed by atoms with E-state index in [9.17, 15) is 0 Å². The molecule has 0 radical (unpaired) electrons. The Morgan fingerprint density at radius 2 is 1.73 bits per heavy atom. The van der Waals surface area contributed by atoms with Crippen LogP contribution in [-0.2, 0) is 0 Å². The molecule has 3 fully saturated rings. The van der Waals surface area contributed by atoms with Gasteiger partial charge in [0.25, 0.3) is 0 Å². The highest BCUT2D eigenvalue weighted by atomic mass is 15.2. The zero-order chi connectivity index (χ0) is 10.1. The third-order valence-corrected chi connectivity index (χ3v) is 4.49. The topological polar surface area (TPSA) is 15.3 Å². The maximum Gasteiger partial charge on any atom is 0.0223 e. The lowest BCUT2D eigenvalue weighted by atomic mass is 10.1. The molecule has 1 atom stereocenters. The average molecular weight is 208 g/mol. The van der Waals surface area contributed by atoms with Gasteiger partial charge in [-0.25, -0.2) is 0 Å². The van der Waals surface area contributed by atoms with Gasteiger partial charge in [0, 0.05) is 18.6 Å². The highest BCUT2D eigenvalue weighted by molar-refractivity contribution is 4.92. The lowest BCUT2D eigenvalue weighted by Crippen LogP contribution is -2.42. The highest BCUT2D eigenvalue weighted by Crippen LogP contribution is 2.34. The van der Waals surface area contributed by atoms with E-state index in [1.165, 1.54) is 64.6 Å². The molecule has 1 N–H and O–H groups in total. The van der Waals surface area contributed by atoms with Crippen molar-refractivity contribution < 1.29 is 0 Å². The molecule has 2 nitrogen and oxygen atoms in total. The minimum absolute atomic E-state index is 0.827. The molecule has 0 aromatic heterocycles. The van der Waals surface area contributed by atoms with E-state index < -0.39 is 0 Å². The minimum atomic E-state index is 0.827. The first-order valence-corrected chi connectivity index (χ1v) is 6.91. The van der Waals surface area contributed by atoms with Gasteiger partial charge in [0.1, 0.15) is 0 Å². The van der Waals surface area contributed by atoms with E-state index >= 15 is 0 Å². The van der Waals surface area contributed by atoms with Gasteiger partial charge >= 0.3 is 0 Å². The van der Waals surface area contributed by atoms with Gasteiger partial charge in [0.15, 0.2) is 0 Å². The van der Waals surface area contributed by atoms with E-state index in [1.807, 2.05) is 0 Å². The number of rotatable bonds is 2. The maximum absolute atomic E-state index is 3.76. The second kappa shape index (κ2) is 4.42. The summed E-state index contributed by atoms with van der Waals surface area (Å²) in [6.45, 7) is 3.95. The molecule has 3 rings (SSSR count). The van der Waals surface area contributed by atoms with Gasteiger partial charge in [-0.1, -0.05) is 12.8 Å². The molecular weight excluding hydrogens is 184 g/mol. The molecule has 0 bridgehead atoms. The second-order valence-electron chi connectivity index (χ2n) is 5.68. The van der Waals surface area contributed by atoms with E-state index in [-0.39, 0.29) is 0 Å². The van der Waals surface area contributed by atoms with Crippen molar-refractivity contribution >= 4 is 0 Å². The molecule has 0 spiro atoms. The van der Waals surface area contributed by atoms with Gasteiger partial charge in [-0.2, -0.15) is 0 Å². The Morgan fingerprint density at radius 3 is 2.47 bits per heavy atom. The van der Waals surface area contributed by atoms with Gasteiger partial charge in [-0.05, 0) is 51.1 Å². The van der Waals surface area contributed by atoms with Gasteiger partial charge in [-0.15, -0.1) is 0 Å². The minimum Gasteiger partial charge on any atom is -0.312 e. The normalized spacial score (nSPS) is 35.6. The predicted molar refractivity (Wildman–Crippen MR) is 63.0 cm³/mol. The first-order chi connectivity index (χ1) is 7.43. The van der Waals surface area contributed by atoms with Crippen LogP contribution in [0.15, 0.2) is 0 Å². The van der Waals surface area contributed by atoms with E-state index in [4.69, 9.17) is 0 Å². The molecule has 0 aromatic rings. The molecule has 3 aliphatic rings. The Hall–Kier alpha value is -0.0800. The standard InChI is InChI=1S/C13H24N2/c1-2-5-12(4-1)15-9-3-8-14-13(10-15)11-6-7-11/h11-14H,1-10H2. The fourth-order valence-electron chi connectivity index (χ4n) is 3.39. The lowest BCUT2D eigenvalue weighted by molar-refractivity contribution is 0.189. The fraction of sp³-hybridized carbons (Fsp3) is 1.00. The van der Waals surface area contributed by atoms with Gasteiger partial charge in [0.2, 0.25) is 0 Å². The monoisotopic (exact) mass is 208 g/mol. The summed E-state index contributed by atoms with van der Waals surface area (Å²) in [5.74, 6) is 1.02. The molecule has 0 aromatic carbocycles. The molecule has 2 heteroatoms. The quantitative estimate of drug-likeness (QED) is 0.747. The summed E-state index contributed by atoms with van der Waals surface area (Å²) >= 11 is 0. The van der Waals surface area contributed by atoms with Crippen molar-refractivity contribution in [1.82, 2.24) is 10.2 Å². The van der Waals surface area contributed by atoms with E-state index in [0.717, 1.165) is 18.0 Å². The van der Waals surface area contributed by atoms with Crippen LogP contribution in [0.1, 0.15) is 44.9 Å². The lowest BCUT2D eigenvalue weighted by Gasteiger charge is -2.29. The fourth-order valence-corrected chi connectivity index (χ4v) is 3.39. The molecule has 15 heavy (non-hydrogen) atoms. The van der Waals surface area contributed by atoms with Crippen LogP contribution in [0.25, 0.3) is 0 Å². The van der Waals surface area contributed by atoms with Crippen molar-refractivity contribution in [2.45, 2.75) is 57.0 Å². The Kier molecular flexibility index (Phi) is 2.98. The number of nitrogens with one attached hydrogen (secondary N) is 1. The smallest absolute Gasteiger partial charge is 0.0223 e. The average Bonchev–Trinajstić information content (AvgIpc) is 3.00. The Labute approximate surface area is 93.4 Å². The van der Waals surface area contributed by atoms with Crippen molar-refractivity contribution in [3.63, 3.8) is 0 Å². The third kappa shape index (κ3) is 2.36. The Morgan fingerprint density at radius 1 is 0.933 bits per heavy atom. The summed E-state index contributed by atoms with van der Waals surface area (Å²) in [6.07, 6.45) is 10.2. The molecule has 2 saturated carbocycles. The van der Waals surface area contributed by atoms with Crippen molar-refractivity contribution in [2.75, 3.05) is 19.6 Å². The van der Waals surface area contributed by atoms with Crippen LogP contribution in [0.4, 0.5) is 0 Å². The van der Waals surface area contributed by atoms with Crippen molar-refractivity contribution in [3.05, 3.63) is 0 Å². The summed E-state index contributed by atoms with van der Waals surface area (Å²) in [5.41, 5.74) is 0. The van der Waals surface area contributed by atoms with Crippen LogP contribution in [0, 0.1) is 5.92 Å². The summed E-state index contributed by atoms with van der Waals surface area (Å²) < 4.78 is 0. The molecular formula is C13H24N2. The van der Waals surface area contributed by atoms with E-state index in [1.54, 1.807) is 0 Å². The highest BCUT2D eigenvalue weighted by Gasteiger charge is 2.35. The SMILES string of the molecule is C1CCC(N2CCCNC(C3CC3)C2)C1. The Balaban J connectivity index is 1.60. The zero-order valence-corrected chi connectivity index (χ0v) is 9.75. The van der Waals surface area contributed by atoms with E-state index in [0.29, 0.717) is 0 Å². The van der Waals surface area contributed by atoms with Crippen LogP contribution in [0.3, 0.4) is 0 Å². The van der Waals surface area contributed by atoms with E-state index in [2.05, 4.69) is 10.2 Å². The summed E-state index contributed by atoms with van der Waals surface area (Å²) in [5, 5.41) is 3.76. The first kappa shape index (κ1) is 10.1. The maximum atomic E-state index is 3.76. The molecule has 1 saturated heterocycles. The van der Waals surface area contributed by atoms with Crippen LogP contribution in [-0.4, -0.2) is 36.6 Å². The van der Waals surface area contributed by atoms with Gasteiger partial charge in [-0.3, -0.25) is 4.90 Å².